The lowest BCUT2D eigenvalue weighted by Crippen LogP contribution is -2.51. The molecule has 0 amide bonds. The van der Waals surface area contributed by atoms with E-state index in [9.17, 15) is 4.79 Å². The number of aldehydes is 1. The minimum Gasteiger partial charge on any atom is -0.481 e. The van der Waals surface area contributed by atoms with Crippen molar-refractivity contribution in [1.82, 2.24) is 15.1 Å². The molecule has 7 rings (SSSR count). The van der Waals surface area contributed by atoms with Crippen molar-refractivity contribution in [2.45, 2.75) is 83.0 Å². The largest absolute Gasteiger partial charge is 0.481 e. The van der Waals surface area contributed by atoms with E-state index in [0.29, 0.717) is 5.88 Å². The summed E-state index contributed by atoms with van der Waals surface area (Å²) in [5.74, 6) is 2.18. The topological polar surface area (TPSA) is 81.4 Å². The number of hydrogen-bond donors (Lipinski definition) is 0. The number of ether oxygens (including phenoxy) is 1. The molecule has 0 unspecified atom stereocenters. The van der Waals surface area contributed by atoms with Gasteiger partial charge in [-0.1, -0.05) is 36.6 Å². The Labute approximate surface area is 231 Å². The van der Waals surface area contributed by atoms with Gasteiger partial charge >= 0.3 is 0 Å². The van der Waals surface area contributed by atoms with Crippen LogP contribution in [0.25, 0.3) is 11.1 Å². The standard InChI is InChI=1S/C32H40N4O3/c1-24-34-29(39-35-24)32-15-12-30(13-16-32,14-17-32)21-36(22-31(23-37)10-4-3-5-11-31)27-8-6-7-25(19-27)26-9-18-33-28(20-26)38-2/h6-9,18-20,23H,3-5,10-17,21-22H2,1-2H3. The van der Waals surface area contributed by atoms with Crippen LogP contribution in [0.2, 0.25) is 0 Å². The zero-order chi connectivity index (χ0) is 26.9. The lowest BCUT2D eigenvalue weighted by molar-refractivity contribution is -0.117. The van der Waals surface area contributed by atoms with Crippen molar-refractivity contribution in [2.75, 3.05) is 25.1 Å². The monoisotopic (exact) mass is 528 g/mol. The third-order valence-electron chi connectivity index (χ3n) is 10.0. The van der Waals surface area contributed by atoms with Crippen LogP contribution in [0.3, 0.4) is 0 Å². The molecule has 4 aliphatic rings. The average Bonchev–Trinajstić information content (AvgIpc) is 3.45. The van der Waals surface area contributed by atoms with E-state index < -0.39 is 0 Å². The van der Waals surface area contributed by atoms with E-state index in [-0.39, 0.29) is 16.2 Å². The van der Waals surface area contributed by atoms with Gasteiger partial charge in [0.1, 0.15) is 6.29 Å². The van der Waals surface area contributed by atoms with Crippen LogP contribution in [0.15, 0.2) is 47.1 Å². The third-order valence-corrected chi connectivity index (χ3v) is 10.0. The van der Waals surface area contributed by atoms with Crippen LogP contribution in [0.5, 0.6) is 5.88 Å². The predicted molar refractivity (Wildman–Crippen MR) is 151 cm³/mol. The first-order valence-corrected chi connectivity index (χ1v) is 14.6. The normalized spacial score (nSPS) is 25.8. The summed E-state index contributed by atoms with van der Waals surface area (Å²) in [6, 6.07) is 12.8. The highest BCUT2D eigenvalue weighted by molar-refractivity contribution is 5.70. The van der Waals surface area contributed by atoms with E-state index in [0.717, 1.165) is 100 Å². The highest BCUT2D eigenvalue weighted by atomic mass is 16.5. The molecular formula is C32H40N4O3. The number of methoxy groups -OCH3 is 1. The van der Waals surface area contributed by atoms with Crippen molar-refractivity contribution in [3.8, 4) is 17.0 Å². The molecule has 7 heteroatoms. The summed E-state index contributed by atoms with van der Waals surface area (Å²) < 4.78 is 11.1. The summed E-state index contributed by atoms with van der Waals surface area (Å²) in [5.41, 5.74) is 3.43. The van der Waals surface area contributed by atoms with Crippen molar-refractivity contribution in [1.29, 1.82) is 0 Å². The first-order valence-electron chi connectivity index (χ1n) is 14.6. The molecule has 4 aliphatic carbocycles. The molecule has 1 aromatic carbocycles. The number of fused-ring (bicyclic) bond motifs is 3. The second-order valence-electron chi connectivity index (χ2n) is 12.5. The summed E-state index contributed by atoms with van der Waals surface area (Å²) in [7, 11) is 1.65. The number of anilines is 1. The van der Waals surface area contributed by atoms with E-state index in [1.54, 1.807) is 13.3 Å². The molecule has 0 aliphatic heterocycles. The van der Waals surface area contributed by atoms with E-state index in [1.165, 1.54) is 18.4 Å². The Balaban J connectivity index is 1.29. The van der Waals surface area contributed by atoms with Gasteiger partial charge in [-0.25, -0.2) is 4.98 Å². The van der Waals surface area contributed by atoms with Gasteiger partial charge in [0, 0.05) is 41.9 Å². The molecule has 39 heavy (non-hydrogen) atoms. The van der Waals surface area contributed by atoms with E-state index in [1.807, 2.05) is 19.1 Å². The fourth-order valence-electron chi connectivity index (χ4n) is 7.51. The van der Waals surface area contributed by atoms with Gasteiger partial charge in [0.25, 0.3) is 0 Å². The van der Waals surface area contributed by atoms with Crippen LogP contribution in [-0.2, 0) is 10.2 Å². The smallest absolute Gasteiger partial charge is 0.232 e. The number of carbonyl (C=O) groups excluding carboxylic acids is 1. The Bertz CT molecular complexity index is 1290. The molecule has 7 nitrogen and oxygen atoms in total. The summed E-state index contributed by atoms with van der Waals surface area (Å²) in [6.07, 6.45) is 15.3. The molecule has 4 saturated carbocycles. The number of aryl methyl sites for hydroxylation is 1. The minimum absolute atomic E-state index is 0.0432. The highest BCUT2D eigenvalue weighted by Gasteiger charge is 2.53. The van der Waals surface area contributed by atoms with Crippen LogP contribution in [0.4, 0.5) is 5.69 Å². The SMILES string of the molecule is COc1cc(-c2cccc(N(CC3(C=O)CCCCC3)CC34CCC(c5nc(C)no5)(CC3)CC4)c2)ccn1. The molecule has 0 saturated heterocycles. The Morgan fingerprint density at radius 3 is 2.36 bits per heavy atom. The maximum absolute atomic E-state index is 12.6. The lowest BCUT2D eigenvalue weighted by atomic mass is 9.53. The van der Waals surface area contributed by atoms with E-state index in [2.05, 4.69) is 44.3 Å². The number of aromatic nitrogens is 3. The fraction of sp³-hybridized carbons (Fsp3) is 0.562. The minimum atomic E-state index is -0.265. The lowest BCUT2D eigenvalue weighted by Gasteiger charge is -2.54. The van der Waals surface area contributed by atoms with Crippen molar-refractivity contribution >= 4 is 12.0 Å². The van der Waals surface area contributed by atoms with Gasteiger partial charge in [0.05, 0.1) is 7.11 Å². The first-order chi connectivity index (χ1) is 19.0. The molecule has 0 N–H and O–H groups in total. The van der Waals surface area contributed by atoms with Crippen molar-refractivity contribution in [2.24, 2.45) is 10.8 Å². The molecule has 0 spiro atoms. The Morgan fingerprint density at radius 1 is 0.949 bits per heavy atom. The molecule has 0 radical (unpaired) electrons. The summed E-state index contributed by atoms with van der Waals surface area (Å²) in [5, 5.41) is 4.09. The molecule has 0 atom stereocenters. The summed E-state index contributed by atoms with van der Waals surface area (Å²) >= 11 is 0. The number of nitrogens with zero attached hydrogens (tertiary/aromatic N) is 4. The van der Waals surface area contributed by atoms with Gasteiger partial charge < -0.3 is 19.0 Å². The maximum atomic E-state index is 12.6. The van der Waals surface area contributed by atoms with Gasteiger partial charge in [-0.15, -0.1) is 0 Å². The zero-order valence-electron chi connectivity index (χ0n) is 23.3. The number of benzene rings is 1. The maximum Gasteiger partial charge on any atom is 0.232 e. The van der Waals surface area contributed by atoms with Gasteiger partial charge in [-0.3, -0.25) is 0 Å². The Hall–Kier alpha value is -3.22. The molecule has 2 aromatic heterocycles. The first kappa shape index (κ1) is 26.0. The van der Waals surface area contributed by atoms with Crippen molar-refractivity contribution in [3.05, 3.63) is 54.3 Å². The van der Waals surface area contributed by atoms with Crippen LogP contribution in [-0.4, -0.2) is 41.6 Å². The molecular weight excluding hydrogens is 488 g/mol. The quantitative estimate of drug-likeness (QED) is 0.286. The number of carbonyl (C=O) groups is 1. The van der Waals surface area contributed by atoms with E-state index in [4.69, 9.17) is 9.26 Å². The summed E-state index contributed by atoms with van der Waals surface area (Å²) in [4.78, 5) is 24.1. The van der Waals surface area contributed by atoms with Gasteiger partial charge in [-0.05, 0) is 93.0 Å². The second kappa shape index (κ2) is 10.4. The number of pyridine rings is 1. The van der Waals surface area contributed by atoms with E-state index >= 15 is 0 Å². The van der Waals surface area contributed by atoms with Crippen LogP contribution in [0, 0.1) is 17.8 Å². The van der Waals surface area contributed by atoms with Crippen molar-refractivity contribution < 1.29 is 14.1 Å². The van der Waals surface area contributed by atoms with Crippen molar-refractivity contribution in [3.63, 3.8) is 0 Å². The molecule has 206 valence electrons. The second-order valence-corrected chi connectivity index (χ2v) is 12.5. The molecule has 2 bridgehead atoms. The van der Waals surface area contributed by atoms with Crippen LogP contribution in [0.1, 0.15) is 82.3 Å². The number of rotatable bonds is 9. The van der Waals surface area contributed by atoms with Crippen LogP contribution >= 0.6 is 0 Å². The fourth-order valence-corrected chi connectivity index (χ4v) is 7.51. The van der Waals surface area contributed by atoms with Crippen LogP contribution < -0.4 is 9.64 Å². The average molecular weight is 529 g/mol. The van der Waals surface area contributed by atoms with Gasteiger partial charge in [0.15, 0.2) is 5.82 Å². The molecule has 4 fully saturated rings. The number of hydrogen-bond acceptors (Lipinski definition) is 7. The molecule has 3 aromatic rings. The predicted octanol–water partition coefficient (Wildman–Crippen LogP) is 6.70. The highest BCUT2D eigenvalue weighted by Crippen LogP contribution is 2.58. The Morgan fingerprint density at radius 2 is 1.69 bits per heavy atom. The van der Waals surface area contributed by atoms with Gasteiger partial charge in [-0.2, -0.15) is 4.98 Å². The Kier molecular flexibility index (Phi) is 6.94. The van der Waals surface area contributed by atoms with Gasteiger partial charge in [0.2, 0.25) is 11.8 Å². The zero-order valence-corrected chi connectivity index (χ0v) is 23.3. The summed E-state index contributed by atoms with van der Waals surface area (Å²) in [6.45, 7) is 3.67. The molecule has 2 heterocycles. The third kappa shape index (κ3) is 5.08.